The summed E-state index contributed by atoms with van der Waals surface area (Å²) in [7, 11) is 0. The van der Waals surface area contributed by atoms with Gasteiger partial charge >= 0.3 is 0 Å². The first-order chi connectivity index (χ1) is 9.97. The average Bonchev–Trinajstić information content (AvgIpc) is 2.47. The van der Waals surface area contributed by atoms with Gasteiger partial charge in [-0.3, -0.25) is 4.99 Å². The van der Waals surface area contributed by atoms with Gasteiger partial charge in [-0.05, 0) is 24.6 Å². The van der Waals surface area contributed by atoms with E-state index in [0.29, 0.717) is 12.5 Å². The van der Waals surface area contributed by atoms with Crippen molar-refractivity contribution in [2.24, 2.45) is 10.7 Å². The Morgan fingerprint density at radius 2 is 1.67 bits per heavy atom. The summed E-state index contributed by atoms with van der Waals surface area (Å²) in [5.74, 6) is 0.446. The molecule has 0 aliphatic heterocycles. The number of rotatable bonds is 4. The minimum Gasteiger partial charge on any atom is -0.370 e. The molecule has 2 aromatic carbocycles. The van der Waals surface area contributed by atoms with Crippen LogP contribution < -0.4 is 11.1 Å². The predicted octanol–water partition coefficient (Wildman–Crippen LogP) is 3.70. The van der Waals surface area contributed by atoms with Gasteiger partial charge in [-0.15, -0.1) is 0 Å². The van der Waals surface area contributed by atoms with Crippen molar-refractivity contribution in [2.45, 2.75) is 26.2 Å². The molecule has 2 aromatic rings. The van der Waals surface area contributed by atoms with Gasteiger partial charge in [0.05, 0.1) is 6.54 Å². The van der Waals surface area contributed by atoms with Crippen LogP contribution in [0.5, 0.6) is 0 Å². The first-order valence-electron chi connectivity index (χ1n) is 7.16. The van der Waals surface area contributed by atoms with Crippen molar-refractivity contribution < 1.29 is 0 Å². The molecular formula is C18H23N3. The van der Waals surface area contributed by atoms with Gasteiger partial charge < -0.3 is 11.1 Å². The highest BCUT2D eigenvalue weighted by molar-refractivity contribution is 5.92. The van der Waals surface area contributed by atoms with Crippen molar-refractivity contribution in [1.82, 2.24) is 0 Å². The molecule has 0 saturated heterocycles. The summed E-state index contributed by atoms with van der Waals surface area (Å²) in [5, 5.41) is 3.10. The van der Waals surface area contributed by atoms with Gasteiger partial charge in [-0.25, -0.2) is 0 Å². The van der Waals surface area contributed by atoms with Crippen molar-refractivity contribution in [3.05, 3.63) is 65.7 Å². The molecule has 0 fully saturated rings. The van der Waals surface area contributed by atoms with Crippen molar-refractivity contribution >= 4 is 11.6 Å². The van der Waals surface area contributed by atoms with Gasteiger partial charge in [0.25, 0.3) is 0 Å². The van der Waals surface area contributed by atoms with E-state index in [0.717, 1.165) is 5.69 Å². The molecule has 21 heavy (non-hydrogen) atoms. The summed E-state index contributed by atoms with van der Waals surface area (Å²) in [6, 6.07) is 18.4. The van der Waals surface area contributed by atoms with E-state index < -0.39 is 0 Å². The number of aryl methyl sites for hydroxylation is 1. The van der Waals surface area contributed by atoms with Crippen LogP contribution in [0.25, 0.3) is 0 Å². The van der Waals surface area contributed by atoms with Gasteiger partial charge in [-0.2, -0.15) is 0 Å². The fraction of sp³-hybridized carbons (Fsp3) is 0.278. The highest BCUT2D eigenvalue weighted by Gasteiger charge is 2.20. The Morgan fingerprint density at radius 1 is 1.05 bits per heavy atom. The second kappa shape index (κ2) is 6.44. The zero-order chi connectivity index (χ0) is 15.3. The molecule has 110 valence electrons. The zero-order valence-corrected chi connectivity index (χ0v) is 12.9. The SMILES string of the molecule is Cc1ccc(C(C)(C)CN=C(N)Nc2ccccc2)cc1. The molecule has 3 nitrogen and oxygen atoms in total. The maximum atomic E-state index is 5.95. The highest BCUT2D eigenvalue weighted by Crippen LogP contribution is 2.23. The molecule has 0 unspecified atom stereocenters. The molecule has 0 aromatic heterocycles. The molecule has 0 radical (unpaired) electrons. The van der Waals surface area contributed by atoms with E-state index in [9.17, 15) is 0 Å². The molecular weight excluding hydrogens is 258 g/mol. The van der Waals surface area contributed by atoms with Gasteiger partial charge in [-0.1, -0.05) is 61.9 Å². The summed E-state index contributed by atoms with van der Waals surface area (Å²) in [5.41, 5.74) is 9.39. The van der Waals surface area contributed by atoms with Crippen LogP contribution in [0.4, 0.5) is 5.69 Å². The molecule has 0 aliphatic carbocycles. The predicted molar refractivity (Wildman–Crippen MR) is 90.8 cm³/mol. The summed E-state index contributed by atoms with van der Waals surface area (Å²) in [4.78, 5) is 4.47. The van der Waals surface area contributed by atoms with Crippen LogP contribution in [-0.4, -0.2) is 12.5 Å². The van der Waals surface area contributed by atoms with Crippen LogP contribution in [0, 0.1) is 6.92 Å². The minimum absolute atomic E-state index is 0.0450. The number of guanidine groups is 1. The highest BCUT2D eigenvalue weighted by atomic mass is 15.1. The lowest BCUT2D eigenvalue weighted by atomic mass is 9.84. The first kappa shape index (κ1) is 15.1. The first-order valence-corrected chi connectivity index (χ1v) is 7.16. The Bertz CT molecular complexity index is 598. The number of nitrogens with two attached hydrogens (primary N) is 1. The second-order valence-electron chi connectivity index (χ2n) is 5.94. The van der Waals surface area contributed by atoms with Crippen LogP contribution in [0.15, 0.2) is 59.6 Å². The Labute approximate surface area is 126 Å². The van der Waals surface area contributed by atoms with Crippen LogP contribution in [0.1, 0.15) is 25.0 Å². The van der Waals surface area contributed by atoms with Gasteiger partial charge in [0.15, 0.2) is 5.96 Å². The summed E-state index contributed by atoms with van der Waals surface area (Å²) >= 11 is 0. The molecule has 0 bridgehead atoms. The third-order valence-corrected chi connectivity index (χ3v) is 3.52. The van der Waals surface area contributed by atoms with Gasteiger partial charge in [0, 0.05) is 11.1 Å². The van der Waals surface area contributed by atoms with E-state index >= 15 is 0 Å². The van der Waals surface area contributed by atoms with E-state index in [-0.39, 0.29) is 5.41 Å². The standard InChI is InChI=1S/C18H23N3/c1-14-9-11-15(12-10-14)18(2,3)13-20-17(19)21-16-7-5-4-6-8-16/h4-12H,13H2,1-3H3,(H3,19,20,21). The molecule has 0 atom stereocenters. The van der Waals surface area contributed by atoms with Crippen LogP contribution in [-0.2, 0) is 5.41 Å². The third-order valence-electron chi connectivity index (χ3n) is 3.52. The lowest BCUT2D eigenvalue weighted by molar-refractivity contribution is 0.540. The van der Waals surface area contributed by atoms with Crippen molar-refractivity contribution in [3.63, 3.8) is 0 Å². The van der Waals surface area contributed by atoms with Gasteiger partial charge in [0.2, 0.25) is 0 Å². The molecule has 2 rings (SSSR count). The average molecular weight is 281 g/mol. The maximum absolute atomic E-state index is 5.95. The molecule has 0 spiro atoms. The number of benzene rings is 2. The van der Waals surface area contributed by atoms with Crippen LogP contribution in [0.2, 0.25) is 0 Å². The largest absolute Gasteiger partial charge is 0.370 e. The molecule has 0 amide bonds. The van der Waals surface area contributed by atoms with E-state index in [1.54, 1.807) is 0 Å². The summed E-state index contributed by atoms with van der Waals surface area (Å²) < 4.78 is 0. The Morgan fingerprint density at radius 3 is 2.29 bits per heavy atom. The summed E-state index contributed by atoms with van der Waals surface area (Å²) in [6.45, 7) is 7.09. The lowest BCUT2D eigenvalue weighted by Crippen LogP contribution is -2.27. The number of hydrogen-bond donors (Lipinski definition) is 2. The normalized spacial score (nSPS) is 12.2. The number of para-hydroxylation sites is 1. The van der Waals surface area contributed by atoms with E-state index in [2.05, 4.69) is 55.3 Å². The Balaban J connectivity index is 2.02. The number of aliphatic imine (C=N–C) groups is 1. The molecule has 0 heterocycles. The summed E-state index contributed by atoms with van der Waals surface area (Å²) in [6.07, 6.45) is 0. The molecule has 3 N–H and O–H groups in total. The van der Waals surface area contributed by atoms with E-state index in [1.165, 1.54) is 11.1 Å². The smallest absolute Gasteiger partial charge is 0.193 e. The third kappa shape index (κ3) is 4.35. The molecule has 0 saturated carbocycles. The fourth-order valence-corrected chi connectivity index (χ4v) is 2.09. The Hall–Kier alpha value is -2.29. The topological polar surface area (TPSA) is 50.4 Å². The van der Waals surface area contributed by atoms with Crippen LogP contribution in [0.3, 0.4) is 0 Å². The van der Waals surface area contributed by atoms with E-state index in [1.807, 2.05) is 30.3 Å². The van der Waals surface area contributed by atoms with Crippen molar-refractivity contribution in [2.75, 3.05) is 11.9 Å². The van der Waals surface area contributed by atoms with Gasteiger partial charge in [0.1, 0.15) is 0 Å². The minimum atomic E-state index is -0.0450. The quantitative estimate of drug-likeness (QED) is 0.663. The van der Waals surface area contributed by atoms with Crippen molar-refractivity contribution in [1.29, 1.82) is 0 Å². The fourth-order valence-electron chi connectivity index (χ4n) is 2.09. The molecule has 3 heteroatoms. The molecule has 0 aliphatic rings. The van der Waals surface area contributed by atoms with Crippen molar-refractivity contribution in [3.8, 4) is 0 Å². The second-order valence-corrected chi connectivity index (χ2v) is 5.94. The number of anilines is 1. The number of hydrogen-bond acceptors (Lipinski definition) is 1. The zero-order valence-electron chi connectivity index (χ0n) is 12.9. The Kier molecular flexibility index (Phi) is 4.63. The van der Waals surface area contributed by atoms with E-state index in [4.69, 9.17) is 5.73 Å². The maximum Gasteiger partial charge on any atom is 0.193 e. The number of nitrogens with zero attached hydrogens (tertiary/aromatic N) is 1. The van der Waals surface area contributed by atoms with Crippen LogP contribution >= 0.6 is 0 Å². The number of nitrogens with one attached hydrogen (secondary N) is 1. The monoisotopic (exact) mass is 281 g/mol. The lowest BCUT2D eigenvalue weighted by Gasteiger charge is -2.23.